The van der Waals surface area contributed by atoms with Gasteiger partial charge in [0, 0.05) is 0 Å². The third-order valence-electron chi connectivity index (χ3n) is 1.49. The Morgan fingerprint density at radius 2 is 1.00 bits per heavy atom. The Kier molecular flexibility index (Phi) is 11.6. The van der Waals surface area contributed by atoms with Crippen LogP contribution in [0.3, 0.4) is 0 Å². The van der Waals surface area contributed by atoms with Crippen molar-refractivity contribution in [3.05, 3.63) is 0 Å². The van der Waals surface area contributed by atoms with Crippen molar-refractivity contribution in [2.24, 2.45) is 0 Å². The summed E-state index contributed by atoms with van der Waals surface area (Å²) >= 11 is 0. The molecule has 0 aliphatic heterocycles. The van der Waals surface area contributed by atoms with Crippen molar-refractivity contribution in [1.82, 2.24) is 9.80 Å². The van der Waals surface area contributed by atoms with Gasteiger partial charge in [-0.3, -0.25) is 9.80 Å². The maximum Gasteiger partial charge on any atom is 0.0583 e. The first kappa shape index (κ1) is 16.5. The van der Waals surface area contributed by atoms with Crippen molar-refractivity contribution in [1.29, 1.82) is 0 Å². The smallest absolute Gasteiger partial charge is 0.0583 e. The Hall–Kier alpha value is -0.0800. The fourth-order valence-electron chi connectivity index (χ4n) is 0.462. The summed E-state index contributed by atoms with van der Waals surface area (Å²) in [6.45, 7) is 2.17. The van der Waals surface area contributed by atoms with Gasteiger partial charge >= 0.3 is 0 Å². The lowest BCUT2D eigenvalue weighted by atomic mass is 10.5. The highest BCUT2D eigenvalue weighted by Crippen LogP contribution is 1.92. The first-order valence-corrected chi connectivity index (χ1v) is 2.88. The van der Waals surface area contributed by atoms with E-state index < -0.39 is 0 Å². The number of nitrogens with zero attached hydrogens (tertiary/aromatic N) is 2. The molecule has 0 bridgehead atoms. The van der Waals surface area contributed by atoms with Crippen molar-refractivity contribution >= 4 is 0 Å². The van der Waals surface area contributed by atoms with Crippen LogP contribution in [0.5, 0.6) is 0 Å². The quantitative estimate of drug-likeness (QED) is 0.550. The van der Waals surface area contributed by atoms with E-state index in [-0.39, 0.29) is 14.9 Å². The molecule has 0 fully saturated rings. The summed E-state index contributed by atoms with van der Waals surface area (Å²) in [5, 5.41) is 0. The molecule has 0 saturated carbocycles. The summed E-state index contributed by atoms with van der Waals surface area (Å²) in [4.78, 5) is 4.33. The zero-order valence-corrected chi connectivity index (χ0v) is 6.47. The van der Waals surface area contributed by atoms with Gasteiger partial charge in [0.25, 0.3) is 0 Å². The Bertz CT molecular complexity index is 52.3. The van der Waals surface area contributed by atoms with Crippen molar-refractivity contribution in [3.8, 4) is 0 Å². The lowest BCUT2D eigenvalue weighted by Crippen LogP contribution is -2.37. The van der Waals surface area contributed by atoms with E-state index in [1.165, 1.54) is 0 Å². The Morgan fingerprint density at radius 3 is 1.00 bits per heavy atom. The molecule has 0 radical (unpaired) electrons. The molecule has 0 atom stereocenters. The Morgan fingerprint density at radius 1 is 0.800 bits per heavy atom. The molecular formula is C8H24N2. The molecule has 0 N–H and O–H groups in total. The van der Waals surface area contributed by atoms with Crippen LogP contribution < -0.4 is 0 Å². The van der Waals surface area contributed by atoms with E-state index >= 15 is 0 Å². The molecule has 0 unspecified atom stereocenters. The van der Waals surface area contributed by atoms with E-state index in [0.717, 1.165) is 0 Å². The van der Waals surface area contributed by atoms with E-state index in [1.54, 1.807) is 0 Å². The monoisotopic (exact) mass is 148 g/mol. The van der Waals surface area contributed by atoms with Crippen LogP contribution in [0.1, 0.15) is 21.8 Å². The first-order valence-electron chi connectivity index (χ1n) is 2.88. The van der Waals surface area contributed by atoms with Crippen LogP contribution in [0.4, 0.5) is 0 Å². The zero-order valence-electron chi connectivity index (χ0n) is 6.47. The van der Waals surface area contributed by atoms with Crippen molar-refractivity contribution in [2.75, 3.05) is 28.2 Å². The van der Waals surface area contributed by atoms with Crippen molar-refractivity contribution in [2.45, 2.75) is 27.9 Å². The lowest BCUT2D eigenvalue weighted by Gasteiger charge is -2.26. The Labute approximate surface area is 66.8 Å². The second-order valence-corrected chi connectivity index (χ2v) is 2.56. The van der Waals surface area contributed by atoms with Gasteiger partial charge in [-0.1, -0.05) is 14.9 Å². The van der Waals surface area contributed by atoms with E-state index in [4.69, 9.17) is 0 Å². The molecule has 10 heavy (non-hydrogen) atoms. The van der Waals surface area contributed by atoms with Crippen LogP contribution in [0, 0.1) is 0 Å². The third kappa shape index (κ3) is 6.05. The minimum absolute atomic E-state index is 0. The average Bonchev–Trinajstić information content (AvgIpc) is 1.64. The molecule has 0 aromatic heterocycles. The second kappa shape index (κ2) is 7.03. The molecule has 2 nitrogen and oxygen atoms in total. The Balaban J connectivity index is -0.000000245. The molecule has 0 heterocycles. The molecule has 2 heteroatoms. The van der Waals surface area contributed by atoms with Crippen molar-refractivity contribution < 1.29 is 0 Å². The summed E-state index contributed by atoms with van der Waals surface area (Å²) in [5.41, 5.74) is 0. The van der Waals surface area contributed by atoms with Gasteiger partial charge in [0.2, 0.25) is 0 Å². The molecular weight excluding hydrogens is 124 g/mol. The standard InChI is InChI=1S/C6H16N2.2CH4/c1-6(7(2)3)8(4)5;;/h6H,1-5H3;2*1H4. The SMILES string of the molecule is C.C.CC(N(C)C)N(C)C. The highest BCUT2D eigenvalue weighted by atomic mass is 15.3. The summed E-state index contributed by atoms with van der Waals surface area (Å²) in [6, 6.07) is 0. The topological polar surface area (TPSA) is 6.48 Å². The molecule has 0 saturated heterocycles. The van der Waals surface area contributed by atoms with Crippen LogP contribution in [0.25, 0.3) is 0 Å². The van der Waals surface area contributed by atoms with Crippen LogP contribution in [-0.2, 0) is 0 Å². The average molecular weight is 148 g/mol. The molecule has 0 aromatic carbocycles. The van der Waals surface area contributed by atoms with Gasteiger partial charge in [0.1, 0.15) is 0 Å². The number of hydrogen-bond donors (Lipinski definition) is 0. The normalized spacial score (nSPS) is 9.60. The fraction of sp³-hybridized carbons (Fsp3) is 1.00. The second-order valence-electron chi connectivity index (χ2n) is 2.56. The molecule has 0 amide bonds. The van der Waals surface area contributed by atoms with E-state index in [1.807, 2.05) is 0 Å². The first-order chi connectivity index (χ1) is 3.55. The van der Waals surface area contributed by atoms with Gasteiger partial charge in [-0.05, 0) is 35.1 Å². The van der Waals surface area contributed by atoms with Crippen LogP contribution >= 0.6 is 0 Å². The largest absolute Gasteiger partial charge is 0.294 e. The van der Waals surface area contributed by atoms with Gasteiger partial charge < -0.3 is 0 Å². The molecule has 0 aliphatic carbocycles. The highest BCUT2D eigenvalue weighted by Gasteiger charge is 2.03. The third-order valence-corrected chi connectivity index (χ3v) is 1.49. The minimum Gasteiger partial charge on any atom is -0.294 e. The van der Waals surface area contributed by atoms with Crippen LogP contribution in [-0.4, -0.2) is 44.2 Å². The molecule has 66 valence electrons. The maximum atomic E-state index is 2.17. The van der Waals surface area contributed by atoms with E-state index in [9.17, 15) is 0 Å². The lowest BCUT2D eigenvalue weighted by molar-refractivity contribution is 0.147. The summed E-state index contributed by atoms with van der Waals surface area (Å²) in [6.07, 6.45) is 0.537. The van der Waals surface area contributed by atoms with Crippen LogP contribution in [0.15, 0.2) is 0 Å². The molecule has 0 aromatic rings. The molecule has 0 aliphatic rings. The van der Waals surface area contributed by atoms with Gasteiger partial charge in [0.15, 0.2) is 0 Å². The number of rotatable bonds is 2. The number of hydrogen-bond acceptors (Lipinski definition) is 2. The zero-order chi connectivity index (χ0) is 6.73. The minimum atomic E-state index is 0. The predicted molar refractivity (Wildman–Crippen MR) is 50.3 cm³/mol. The van der Waals surface area contributed by atoms with Gasteiger partial charge in [-0.15, -0.1) is 0 Å². The van der Waals surface area contributed by atoms with Gasteiger partial charge in [-0.2, -0.15) is 0 Å². The van der Waals surface area contributed by atoms with Crippen molar-refractivity contribution in [3.63, 3.8) is 0 Å². The summed E-state index contributed by atoms with van der Waals surface area (Å²) in [5.74, 6) is 0. The molecule has 0 rings (SSSR count). The maximum absolute atomic E-state index is 2.17. The van der Waals surface area contributed by atoms with Crippen LogP contribution in [0.2, 0.25) is 0 Å². The molecule has 0 spiro atoms. The summed E-state index contributed by atoms with van der Waals surface area (Å²) < 4.78 is 0. The van der Waals surface area contributed by atoms with E-state index in [2.05, 4.69) is 44.9 Å². The highest BCUT2D eigenvalue weighted by molar-refractivity contribution is 4.52. The van der Waals surface area contributed by atoms with Gasteiger partial charge in [-0.25, -0.2) is 0 Å². The summed E-state index contributed by atoms with van der Waals surface area (Å²) in [7, 11) is 8.30. The van der Waals surface area contributed by atoms with E-state index in [0.29, 0.717) is 6.17 Å². The predicted octanol–water partition coefficient (Wildman–Crippen LogP) is 1.73. The van der Waals surface area contributed by atoms with Gasteiger partial charge in [0.05, 0.1) is 6.17 Å². The fourth-order valence-corrected chi connectivity index (χ4v) is 0.462.